The molecule has 0 unspecified atom stereocenters. The highest BCUT2D eigenvalue weighted by atomic mass is 35.5. The Kier molecular flexibility index (Phi) is 4.65. The number of benzene rings is 1. The third-order valence-corrected chi connectivity index (χ3v) is 3.82. The Balaban J connectivity index is 1.54. The second kappa shape index (κ2) is 6.85. The van der Waals surface area contributed by atoms with Gasteiger partial charge in [-0.15, -0.1) is 10.2 Å². The third kappa shape index (κ3) is 3.80. The van der Waals surface area contributed by atoms with E-state index in [0.717, 1.165) is 11.5 Å². The van der Waals surface area contributed by atoms with Crippen LogP contribution in [0.25, 0.3) is 0 Å². The van der Waals surface area contributed by atoms with Gasteiger partial charge in [0.25, 0.3) is 11.1 Å². The Labute approximate surface area is 135 Å². The van der Waals surface area contributed by atoms with E-state index < -0.39 is 0 Å². The van der Waals surface area contributed by atoms with Gasteiger partial charge in [0.15, 0.2) is 6.61 Å². The summed E-state index contributed by atoms with van der Waals surface area (Å²) >= 11 is 7.39. The molecule has 0 radical (unpaired) electrons. The van der Waals surface area contributed by atoms with Crippen LogP contribution in [0.15, 0.2) is 44.5 Å². The Bertz CT molecular complexity index is 759. The molecule has 0 aliphatic carbocycles. The molecule has 0 amide bonds. The molecule has 8 heteroatoms. The molecule has 3 aromatic rings. The summed E-state index contributed by atoms with van der Waals surface area (Å²) in [7, 11) is 0. The molecule has 0 saturated heterocycles. The molecule has 0 spiro atoms. The van der Waals surface area contributed by atoms with Crippen LogP contribution in [0.1, 0.15) is 17.3 Å². The first kappa shape index (κ1) is 14.9. The fraction of sp³-hybridized carbons (Fsp3) is 0.214. The first-order valence-electron chi connectivity index (χ1n) is 6.45. The molecule has 22 heavy (non-hydrogen) atoms. The number of para-hydroxylation sites is 1. The number of hydrogen-bond donors (Lipinski definition) is 0. The van der Waals surface area contributed by atoms with Crippen LogP contribution < -0.4 is 4.74 Å². The molecule has 0 aliphatic heterocycles. The summed E-state index contributed by atoms with van der Waals surface area (Å²) in [6.07, 6.45) is 0. The lowest BCUT2D eigenvalue weighted by atomic mass is 10.3. The van der Waals surface area contributed by atoms with Crippen LogP contribution in [0.5, 0.6) is 5.75 Å². The van der Waals surface area contributed by atoms with Crippen molar-refractivity contribution < 1.29 is 13.7 Å². The van der Waals surface area contributed by atoms with Crippen LogP contribution in [-0.4, -0.2) is 15.4 Å². The molecule has 0 N–H and O–H groups in total. The van der Waals surface area contributed by atoms with Gasteiger partial charge in [-0.1, -0.05) is 40.7 Å². The first-order chi connectivity index (χ1) is 10.7. The molecule has 3 rings (SSSR count). The molecule has 0 atom stereocenters. The Morgan fingerprint density at radius 1 is 1.27 bits per heavy atom. The highest BCUT2D eigenvalue weighted by Gasteiger charge is 2.10. The summed E-state index contributed by atoms with van der Waals surface area (Å²) in [5.41, 5.74) is 0.828. The largest absolute Gasteiger partial charge is 0.482 e. The van der Waals surface area contributed by atoms with E-state index in [1.807, 2.05) is 25.1 Å². The maximum Gasteiger partial charge on any atom is 0.277 e. The van der Waals surface area contributed by atoms with Crippen LogP contribution in [0.3, 0.4) is 0 Å². The molecule has 0 fully saturated rings. The average molecular weight is 338 g/mol. The van der Waals surface area contributed by atoms with Gasteiger partial charge in [0, 0.05) is 11.8 Å². The molecule has 0 saturated carbocycles. The van der Waals surface area contributed by atoms with Crippen molar-refractivity contribution in [2.75, 3.05) is 0 Å². The van der Waals surface area contributed by atoms with Gasteiger partial charge in [0.05, 0.1) is 10.7 Å². The van der Waals surface area contributed by atoms with Gasteiger partial charge >= 0.3 is 0 Å². The summed E-state index contributed by atoms with van der Waals surface area (Å²) in [5, 5.41) is 12.8. The molecular formula is C14H12ClN3O3S. The zero-order valence-corrected chi connectivity index (χ0v) is 13.2. The van der Waals surface area contributed by atoms with Crippen molar-refractivity contribution in [3.05, 3.63) is 52.7 Å². The first-order valence-corrected chi connectivity index (χ1v) is 7.82. The maximum absolute atomic E-state index is 6.00. The molecule has 2 heterocycles. The third-order valence-electron chi connectivity index (χ3n) is 2.66. The van der Waals surface area contributed by atoms with Crippen molar-refractivity contribution in [1.82, 2.24) is 15.4 Å². The van der Waals surface area contributed by atoms with Crippen molar-refractivity contribution in [2.24, 2.45) is 0 Å². The van der Waals surface area contributed by atoms with Crippen molar-refractivity contribution in [2.45, 2.75) is 24.5 Å². The highest BCUT2D eigenvalue weighted by Crippen LogP contribution is 2.25. The standard InChI is InChI=1S/C14H12ClN3O3S/c1-9-6-10(18-21-9)8-22-14-17-16-13(20-14)7-19-12-5-3-2-4-11(12)15/h2-6H,7-8H2,1H3. The summed E-state index contributed by atoms with van der Waals surface area (Å²) in [6.45, 7) is 2.01. The molecule has 114 valence electrons. The Morgan fingerprint density at radius 3 is 2.91 bits per heavy atom. The fourth-order valence-electron chi connectivity index (χ4n) is 1.68. The van der Waals surface area contributed by atoms with E-state index in [1.54, 1.807) is 12.1 Å². The molecular weight excluding hydrogens is 326 g/mol. The molecule has 1 aromatic carbocycles. The number of hydrogen-bond acceptors (Lipinski definition) is 7. The SMILES string of the molecule is Cc1cc(CSc2nnc(COc3ccccc3Cl)o2)no1. The van der Waals surface area contributed by atoms with E-state index in [1.165, 1.54) is 11.8 Å². The summed E-state index contributed by atoms with van der Waals surface area (Å²) in [6, 6.07) is 9.08. The molecule has 6 nitrogen and oxygen atoms in total. The lowest BCUT2D eigenvalue weighted by Crippen LogP contribution is -1.95. The second-order valence-electron chi connectivity index (χ2n) is 4.40. The van der Waals surface area contributed by atoms with Gasteiger partial charge in [0.2, 0.25) is 0 Å². The summed E-state index contributed by atoms with van der Waals surface area (Å²) in [4.78, 5) is 0. The van der Waals surface area contributed by atoms with Gasteiger partial charge < -0.3 is 13.7 Å². The maximum atomic E-state index is 6.00. The summed E-state index contributed by atoms with van der Waals surface area (Å²) < 4.78 is 16.0. The zero-order valence-electron chi connectivity index (χ0n) is 11.7. The van der Waals surface area contributed by atoms with Gasteiger partial charge in [-0.05, 0) is 19.1 Å². The summed E-state index contributed by atoms with van der Waals surface area (Å²) in [5.74, 6) is 2.34. The van der Waals surface area contributed by atoms with Gasteiger partial charge in [-0.3, -0.25) is 0 Å². The number of aromatic nitrogens is 3. The van der Waals surface area contributed by atoms with Gasteiger partial charge in [-0.25, -0.2) is 0 Å². The van der Waals surface area contributed by atoms with Crippen molar-refractivity contribution in [1.29, 1.82) is 0 Å². The number of rotatable bonds is 6. The van der Waals surface area contributed by atoms with Crippen molar-refractivity contribution >= 4 is 23.4 Å². The number of halogens is 1. The monoisotopic (exact) mass is 337 g/mol. The predicted octanol–water partition coefficient (Wildman–Crippen LogP) is 3.89. The minimum Gasteiger partial charge on any atom is -0.482 e. The van der Waals surface area contributed by atoms with Crippen molar-refractivity contribution in [3.8, 4) is 5.75 Å². The Hall–Kier alpha value is -1.99. The smallest absolute Gasteiger partial charge is 0.277 e. The van der Waals surface area contributed by atoms with E-state index in [2.05, 4.69) is 15.4 Å². The van der Waals surface area contributed by atoms with Crippen LogP contribution in [0, 0.1) is 6.92 Å². The fourth-order valence-corrected chi connectivity index (χ4v) is 2.53. The van der Waals surface area contributed by atoms with Crippen LogP contribution >= 0.6 is 23.4 Å². The second-order valence-corrected chi connectivity index (χ2v) is 5.73. The number of ether oxygens (including phenoxy) is 1. The minimum absolute atomic E-state index is 0.167. The predicted molar refractivity (Wildman–Crippen MR) is 80.9 cm³/mol. The minimum atomic E-state index is 0.167. The lowest BCUT2D eigenvalue weighted by Gasteiger charge is -2.04. The van der Waals surface area contributed by atoms with Crippen LogP contribution in [0.4, 0.5) is 0 Å². The molecule has 0 aliphatic rings. The van der Waals surface area contributed by atoms with E-state index in [0.29, 0.717) is 27.6 Å². The highest BCUT2D eigenvalue weighted by molar-refractivity contribution is 7.98. The normalized spacial score (nSPS) is 10.8. The van der Waals surface area contributed by atoms with E-state index in [9.17, 15) is 0 Å². The molecule has 2 aromatic heterocycles. The Morgan fingerprint density at radius 2 is 2.14 bits per heavy atom. The number of thioether (sulfide) groups is 1. The van der Waals surface area contributed by atoms with Gasteiger partial charge in [-0.2, -0.15) is 0 Å². The van der Waals surface area contributed by atoms with Crippen LogP contribution in [0.2, 0.25) is 5.02 Å². The number of nitrogens with zero attached hydrogens (tertiary/aromatic N) is 3. The van der Waals surface area contributed by atoms with Crippen LogP contribution in [-0.2, 0) is 12.4 Å². The topological polar surface area (TPSA) is 74.2 Å². The molecule has 0 bridgehead atoms. The van der Waals surface area contributed by atoms with Gasteiger partial charge in [0.1, 0.15) is 11.5 Å². The lowest BCUT2D eigenvalue weighted by molar-refractivity contribution is 0.252. The van der Waals surface area contributed by atoms with Crippen molar-refractivity contribution in [3.63, 3.8) is 0 Å². The quantitative estimate of drug-likeness (QED) is 0.631. The van der Waals surface area contributed by atoms with E-state index in [-0.39, 0.29) is 6.61 Å². The van der Waals surface area contributed by atoms with E-state index in [4.69, 9.17) is 25.3 Å². The zero-order chi connectivity index (χ0) is 15.4. The average Bonchev–Trinajstić information content (AvgIpc) is 3.13. The number of aryl methyl sites for hydroxylation is 1. The van der Waals surface area contributed by atoms with E-state index >= 15 is 0 Å².